The van der Waals surface area contributed by atoms with E-state index in [1.54, 1.807) is 0 Å². The molecule has 4 aromatic rings. The van der Waals surface area contributed by atoms with Crippen LogP contribution in [0.2, 0.25) is 0 Å². The molecule has 0 amide bonds. The monoisotopic (exact) mass is 408 g/mol. The lowest BCUT2D eigenvalue weighted by Crippen LogP contribution is -1.97. The Morgan fingerprint density at radius 2 is 1.76 bits per heavy atom. The van der Waals surface area contributed by atoms with Crippen LogP contribution < -0.4 is 4.74 Å². The number of aryl methyl sites for hydroxylation is 3. The molecule has 0 N–H and O–H groups in total. The van der Waals surface area contributed by atoms with Crippen LogP contribution in [0.1, 0.15) is 28.4 Å². The van der Waals surface area contributed by atoms with E-state index < -0.39 is 0 Å². The molecule has 2 aromatic carbocycles. The summed E-state index contributed by atoms with van der Waals surface area (Å²) >= 11 is 1.35. The Kier molecular flexibility index (Phi) is 5.62. The van der Waals surface area contributed by atoms with Crippen molar-refractivity contribution in [3.05, 3.63) is 70.9 Å². The molecule has 0 saturated heterocycles. The van der Waals surface area contributed by atoms with E-state index in [4.69, 9.17) is 13.7 Å². The fraction of sp³-hybridized carbons (Fsp3) is 0.238. The lowest BCUT2D eigenvalue weighted by Gasteiger charge is -2.07. The fourth-order valence-corrected chi connectivity index (χ4v) is 3.23. The Labute approximate surface area is 172 Å². The van der Waals surface area contributed by atoms with Crippen molar-refractivity contribution in [2.75, 3.05) is 0 Å². The highest BCUT2D eigenvalue weighted by Crippen LogP contribution is 2.24. The SMILES string of the molecule is Cc1ccc(-c2nc(CSc3nnc(COc4cc(C)ccc4C)o3)no2)cc1. The Morgan fingerprint density at radius 3 is 2.59 bits per heavy atom. The molecule has 2 aromatic heterocycles. The average molecular weight is 408 g/mol. The maximum Gasteiger partial charge on any atom is 0.277 e. The van der Waals surface area contributed by atoms with E-state index in [1.165, 1.54) is 17.3 Å². The van der Waals surface area contributed by atoms with Crippen molar-refractivity contribution >= 4 is 11.8 Å². The standard InChI is InChI=1S/C21H20N4O3S/c1-13-5-8-16(9-6-13)20-22-18(25-28-20)12-29-21-24-23-19(27-21)11-26-17-10-14(2)4-7-15(17)3/h4-10H,11-12H2,1-3H3. The highest BCUT2D eigenvalue weighted by Gasteiger charge is 2.13. The number of hydrogen-bond acceptors (Lipinski definition) is 8. The third-order valence-corrected chi connectivity index (χ3v) is 5.05. The highest BCUT2D eigenvalue weighted by atomic mass is 32.2. The molecule has 0 fully saturated rings. The van der Waals surface area contributed by atoms with Gasteiger partial charge in [-0.2, -0.15) is 4.98 Å². The first-order valence-electron chi connectivity index (χ1n) is 9.12. The lowest BCUT2D eigenvalue weighted by molar-refractivity contribution is 0.250. The van der Waals surface area contributed by atoms with Crippen LogP contribution >= 0.6 is 11.8 Å². The third-order valence-electron chi connectivity index (χ3n) is 4.23. The first-order valence-corrected chi connectivity index (χ1v) is 10.1. The van der Waals surface area contributed by atoms with Crippen LogP contribution in [0.25, 0.3) is 11.5 Å². The predicted molar refractivity (Wildman–Crippen MR) is 109 cm³/mol. The summed E-state index contributed by atoms with van der Waals surface area (Å²) in [6.07, 6.45) is 0. The zero-order valence-corrected chi connectivity index (χ0v) is 17.2. The van der Waals surface area contributed by atoms with Gasteiger partial charge in [0.2, 0.25) is 0 Å². The minimum absolute atomic E-state index is 0.220. The Hall–Kier alpha value is -3.13. The summed E-state index contributed by atoms with van der Waals surface area (Å²) in [5.41, 5.74) is 4.27. The predicted octanol–water partition coefficient (Wildman–Crippen LogP) is 4.92. The van der Waals surface area contributed by atoms with Crippen LogP contribution in [0.4, 0.5) is 0 Å². The molecule has 0 unspecified atom stereocenters. The van der Waals surface area contributed by atoms with E-state index in [-0.39, 0.29) is 6.61 Å². The summed E-state index contributed by atoms with van der Waals surface area (Å²) in [5.74, 6) is 2.76. The molecule has 8 heteroatoms. The second kappa shape index (κ2) is 8.48. The molecule has 0 saturated carbocycles. The Balaban J connectivity index is 1.33. The van der Waals surface area contributed by atoms with Gasteiger partial charge in [0.25, 0.3) is 17.0 Å². The minimum atomic E-state index is 0.220. The minimum Gasteiger partial charge on any atom is -0.484 e. The lowest BCUT2D eigenvalue weighted by atomic mass is 10.1. The van der Waals surface area contributed by atoms with Crippen LogP contribution in [-0.4, -0.2) is 20.3 Å². The summed E-state index contributed by atoms with van der Waals surface area (Å²) in [7, 11) is 0. The number of ether oxygens (including phenoxy) is 1. The van der Waals surface area contributed by atoms with Gasteiger partial charge >= 0.3 is 0 Å². The van der Waals surface area contributed by atoms with Gasteiger partial charge in [0.05, 0.1) is 5.75 Å². The third kappa shape index (κ3) is 4.83. The van der Waals surface area contributed by atoms with Crippen molar-refractivity contribution in [2.24, 2.45) is 0 Å². The van der Waals surface area contributed by atoms with Crippen LogP contribution in [0.15, 0.2) is 56.6 Å². The average Bonchev–Trinajstić information content (AvgIpc) is 3.37. The number of hydrogen-bond donors (Lipinski definition) is 0. The van der Waals surface area contributed by atoms with Gasteiger partial charge in [0.1, 0.15) is 5.75 Å². The van der Waals surface area contributed by atoms with Gasteiger partial charge in [-0.05, 0) is 50.1 Å². The second-order valence-corrected chi connectivity index (χ2v) is 7.62. The van der Waals surface area contributed by atoms with Gasteiger partial charge in [-0.1, -0.05) is 46.7 Å². The first-order chi connectivity index (χ1) is 14.1. The molecular formula is C21H20N4O3S. The second-order valence-electron chi connectivity index (χ2n) is 6.69. The molecule has 4 rings (SSSR count). The van der Waals surface area contributed by atoms with Gasteiger partial charge < -0.3 is 13.7 Å². The van der Waals surface area contributed by atoms with Crippen molar-refractivity contribution < 1.29 is 13.7 Å². The largest absolute Gasteiger partial charge is 0.484 e. The van der Waals surface area contributed by atoms with Crippen LogP contribution in [0, 0.1) is 20.8 Å². The van der Waals surface area contributed by atoms with Crippen molar-refractivity contribution in [1.82, 2.24) is 20.3 Å². The zero-order valence-electron chi connectivity index (χ0n) is 16.4. The van der Waals surface area contributed by atoms with Gasteiger partial charge in [-0.25, -0.2) is 0 Å². The van der Waals surface area contributed by atoms with Crippen molar-refractivity contribution in [3.8, 4) is 17.2 Å². The summed E-state index contributed by atoms with van der Waals surface area (Å²) in [6, 6.07) is 14.0. The molecule has 0 aliphatic heterocycles. The molecule has 148 valence electrons. The van der Waals surface area contributed by atoms with E-state index in [0.29, 0.717) is 28.6 Å². The van der Waals surface area contributed by atoms with Gasteiger partial charge in [0.15, 0.2) is 12.4 Å². The van der Waals surface area contributed by atoms with Gasteiger partial charge in [0, 0.05) is 5.56 Å². The molecule has 29 heavy (non-hydrogen) atoms. The van der Waals surface area contributed by atoms with Crippen LogP contribution in [0.5, 0.6) is 5.75 Å². The number of thioether (sulfide) groups is 1. The quantitative estimate of drug-likeness (QED) is 0.398. The van der Waals surface area contributed by atoms with Crippen molar-refractivity contribution in [2.45, 2.75) is 38.4 Å². The normalized spacial score (nSPS) is 11.0. The topological polar surface area (TPSA) is 87.1 Å². The molecule has 0 atom stereocenters. The summed E-state index contributed by atoms with van der Waals surface area (Å²) in [6.45, 7) is 6.28. The van der Waals surface area contributed by atoms with E-state index in [0.717, 1.165) is 22.4 Å². The number of nitrogens with zero attached hydrogens (tertiary/aromatic N) is 4. The molecule has 0 radical (unpaired) electrons. The molecule has 0 aliphatic rings. The van der Waals surface area contributed by atoms with E-state index in [9.17, 15) is 0 Å². The molecule has 0 bridgehead atoms. The first kappa shape index (κ1) is 19.2. The maximum atomic E-state index is 5.80. The van der Waals surface area contributed by atoms with Gasteiger partial charge in [-0.3, -0.25) is 0 Å². The Morgan fingerprint density at radius 1 is 0.966 bits per heavy atom. The summed E-state index contributed by atoms with van der Waals surface area (Å²) in [5, 5.41) is 12.5. The molecular weight excluding hydrogens is 388 g/mol. The van der Waals surface area contributed by atoms with Crippen molar-refractivity contribution in [1.29, 1.82) is 0 Å². The number of rotatable bonds is 7. The maximum absolute atomic E-state index is 5.80. The van der Waals surface area contributed by atoms with Crippen LogP contribution in [-0.2, 0) is 12.4 Å². The Bertz CT molecular complexity index is 1110. The fourth-order valence-electron chi connectivity index (χ4n) is 2.61. The smallest absolute Gasteiger partial charge is 0.277 e. The van der Waals surface area contributed by atoms with E-state index in [1.807, 2.05) is 63.2 Å². The number of benzene rings is 2. The van der Waals surface area contributed by atoms with Gasteiger partial charge in [-0.15, -0.1) is 10.2 Å². The summed E-state index contributed by atoms with van der Waals surface area (Å²) < 4.78 is 16.8. The molecule has 2 heterocycles. The summed E-state index contributed by atoms with van der Waals surface area (Å²) in [4.78, 5) is 4.41. The molecule has 0 spiro atoms. The van der Waals surface area contributed by atoms with Crippen LogP contribution in [0.3, 0.4) is 0 Å². The highest BCUT2D eigenvalue weighted by molar-refractivity contribution is 7.98. The molecule has 0 aliphatic carbocycles. The van der Waals surface area contributed by atoms with E-state index >= 15 is 0 Å². The van der Waals surface area contributed by atoms with Crippen molar-refractivity contribution in [3.63, 3.8) is 0 Å². The number of aromatic nitrogens is 4. The van der Waals surface area contributed by atoms with E-state index in [2.05, 4.69) is 20.3 Å². The molecule has 7 nitrogen and oxygen atoms in total. The zero-order chi connectivity index (χ0) is 20.2.